The van der Waals surface area contributed by atoms with Crippen LogP contribution in [0.3, 0.4) is 0 Å². The molecular formula is C14H13ClN2O3. The molecule has 1 amide bonds. The zero-order valence-electron chi connectivity index (χ0n) is 11.0. The molecule has 0 bridgehead atoms. The first-order valence-electron chi connectivity index (χ1n) is 5.97. The molecule has 1 N–H and O–H groups in total. The van der Waals surface area contributed by atoms with E-state index < -0.39 is 17.9 Å². The molecule has 0 spiro atoms. The molecule has 6 heteroatoms. The predicted octanol–water partition coefficient (Wildman–Crippen LogP) is 2.18. The highest BCUT2D eigenvalue weighted by Gasteiger charge is 2.18. The number of amides is 1. The number of para-hydroxylation sites is 1. The van der Waals surface area contributed by atoms with Crippen molar-refractivity contribution in [2.45, 2.75) is 13.0 Å². The molecule has 104 valence electrons. The Hall–Kier alpha value is -2.14. The highest BCUT2D eigenvalue weighted by Crippen LogP contribution is 2.22. The van der Waals surface area contributed by atoms with E-state index in [1.54, 1.807) is 6.07 Å². The average molecular weight is 293 g/mol. The van der Waals surface area contributed by atoms with E-state index in [1.165, 1.54) is 20.1 Å². The van der Waals surface area contributed by atoms with Gasteiger partial charge >= 0.3 is 5.97 Å². The van der Waals surface area contributed by atoms with Crippen molar-refractivity contribution in [3.05, 3.63) is 41.0 Å². The van der Waals surface area contributed by atoms with Crippen LogP contribution in [0.25, 0.3) is 10.9 Å². The molecule has 2 aromatic rings. The third kappa shape index (κ3) is 2.88. The van der Waals surface area contributed by atoms with Gasteiger partial charge in [-0.2, -0.15) is 0 Å². The summed E-state index contributed by atoms with van der Waals surface area (Å²) in [5, 5.41) is 3.71. The summed E-state index contributed by atoms with van der Waals surface area (Å²) in [5.41, 5.74) is 0.778. The van der Waals surface area contributed by atoms with Crippen molar-refractivity contribution in [1.82, 2.24) is 10.3 Å². The topological polar surface area (TPSA) is 68.3 Å². The number of carbonyl (C=O) groups is 2. The SMILES string of the molecule is COC(=O)C(C)NC(=O)c1cc(Cl)c2ccccc2n1. The van der Waals surface area contributed by atoms with Crippen LogP contribution in [-0.4, -0.2) is 30.0 Å². The summed E-state index contributed by atoms with van der Waals surface area (Å²) in [7, 11) is 1.26. The lowest BCUT2D eigenvalue weighted by Crippen LogP contribution is -2.39. The predicted molar refractivity (Wildman–Crippen MR) is 75.7 cm³/mol. The third-order valence-electron chi connectivity index (χ3n) is 2.80. The van der Waals surface area contributed by atoms with Gasteiger partial charge in [0.15, 0.2) is 0 Å². The minimum absolute atomic E-state index is 0.157. The molecule has 0 fully saturated rings. The van der Waals surface area contributed by atoms with Gasteiger partial charge in [-0.3, -0.25) is 4.79 Å². The fourth-order valence-corrected chi connectivity index (χ4v) is 2.02. The average Bonchev–Trinajstić information content (AvgIpc) is 2.46. The lowest BCUT2D eigenvalue weighted by Gasteiger charge is -2.11. The van der Waals surface area contributed by atoms with Crippen molar-refractivity contribution in [2.24, 2.45) is 0 Å². The quantitative estimate of drug-likeness (QED) is 0.881. The largest absolute Gasteiger partial charge is 0.467 e. The Kier molecular flexibility index (Phi) is 4.20. The Bertz CT molecular complexity index is 673. The van der Waals surface area contributed by atoms with Crippen LogP contribution in [-0.2, 0) is 9.53 Å². The van der Waals surface area contributed by atoms with Crippen molar-refractivity contribution in [3.8, 4) is 0 Å². The number of esters is 1. The Morgan fingerprint density at radius 2 is 2.05 bits per heavy atom. The summed E-state index contributed by atoms with van der Waals surface area (Å²) in [6.45, 7) is 1.53. The summed E-state index contributed by atoms with van der Waals surface area (Å²) < 4.78 is 4.54. The highest BCUT2D eigenvalue weighted by atomic mass is 35.5. The molecule has 2 rings (SSSR count). The molecule has 20 heavy (non-hydrogen) atoms. The van der Waals surface area contributed by atoms with E-state index in [2.05, 4.69) is 15.0 Å². The Balaban J connectivity index is 2.29. The first-order chi connectivity index (χ1) is 9.52. The number of pyridine rings is 1. The van der Waals surface area contributed by atoms with Gasteiger partial charge in [0.2, 0.25) is 0 Å². The van der Waals surface area contributed by atoms with Gasteiger partial charge in [-0.1, -0.05) is 29.8 Å². The second-order valence-electron chi connectivity index (χ2n) is 4.22. The molecule has 0 aliphatic heterocycles. The number of hydrogen-bond donors (Lipinski definition) is 1. The van der Waals surface area contributed by atoms with E-state index in [0.29, 0.717) is 10.5 Å². The zero-order chi connectivity index (χ0) is 14.7. The van der Waals surface area contributed by atoms with Crippen molar-refractivity contribution in [3.63, 3.8) is 0 Å². The standard InChI is InChI=1S/C14H13ClN2O3/c1-8(14(19)20-2)16-13(18)12-7-10(15)9-5-3-4-6-11(9)17-12/h3-8H,1-2H3,(H,16,18). The number of nitrogens with one attached hydrogen (secondary N) is 1. The molecule has 5 nitrogen and oxygen atoms in total. The van der Waals surface area contributed by atoms with Crippen LogP contribution >= 0.6 is 11.6 Å². The van der Waals surface area contributed by atoms with Crippen LogP contribution in [0.4, 0.5) is 0 Å². The van der Waals surface area contributed by atoms with E-state index in [-0.39, 0.29) is 5.69 Å². The van der Waals surface area contributed by atoms with Crippen LogP contribution < -0.4 is 5.32 Å². The summed E-state index contributed by atoms with van der Waals surface area (Å²) >= 11 is 6.12. The lowest BCUT2D eigenvalue weighted by molar-refractivity contribution is -0.142. The molecule has 0 saturated heterocycles. The molecule has 0 radical (unpaired) electrons. The Morgan fingerprint density at radius 3 is 2.75 bits per heavy atom. The minimum Gasteiger partial charge on any atom is -0.467 e. The number of halogens is 1. The molecule has 1 aromatic heterocycles. The maximum absolute atomic E-state index is 12.0. The van der Waals surface area contributed by atoms with E-state index in [1.807, 2.05) is 18.2 Å². The number of hydrogen-bond acceptors (Lipinski definition) is 4. The summed E-state index contributed by atoms with van der Waals surface area (Å²) in [6.07, 6.45) is 0. The second kappa shape index (κ2) is 5.88. The molecule has 1 heterocycles. The van der Waals surface area contributed by atoms with E-state index in [9.17, 15) is 9.59 Å². The molecule has 0 aliphatic carbocycles. The van der Waals surface area contributed by atoms with Gasteiger partial charge in [-0.25, -0.2) is 9.78 Å². The number of aromatic nitrogens is 1. The normalized spacial score (nSPS) is 11.9. The molecule has 1 aromatic carbocycles. The number of carbonyl (C=O) groups excluding carboxylic acids is 2. The number of nitrogens with zero attached hydrogens (tertiary/aromatic N) is 1. The summed E-state index contributed by atoms with van der Waals surface area (Å²) in [6, 6.07) is 7.97. The van der Waals surface area contributed by atoms with Gasteiger partial charge in [0.05, 0.1) is 17.6 Å². The minimum atomic E-state index is -0.750. The van der Waals surface area contributed by atoms with E-state index in [4.69, 9.17) is 11.6 Å². The summed E-state index contributed by atoms with van der Waals surface area (Å²) in [4.78, 5) is 27.5. The Labute approximate surface area is 120 Å². The fraction of sp³-hybridized carbons (Fsp3) is 0.214. The zero-order valence-corrected chi connectivity index (χ0v) is 11.8. The van der Waals surface area contributed by atoms with Gasteiger partial charge < -0.3 is 10.1 Å². The van der Waals surface area contributed by atoms with E-state index >= 15 is 0 Å². The van der Waals surface area contributed by atoms with Gasteiger partial charge in [0.25, 0.3) is 5.91 Å². The molecule has 1 atom stereocenters. The smallest absolute Gasteiger partial charge is 0.328 e. The lowest BCUT2D eigenvalue weighted by atomic mass is 10.2. The Morgan fingerprint density at radius 1 is 1.35 bits per heavy atom. The number of ether oxygens (including phenoxy) is 1. The number of benzene rings is 1. The first-order valence-corrected chi connectivity index (χ1v) is 6.34. The van der Waals surface area contributed by atoms with E-state index in [0.717, 1.165) is 5.39 Å². The molecule has 0 saturated carbocycles. The maximum Gasteiger partial charge on any atom is 0.328 e. The van der Waals surface area contributed by atoms with Gasteiger partial charge in [0, 0.05) is 5.39 Å². The third-order valence-corrected chi connectivity index (χ3v) is 3.11. The molecule has 0 aliphatic rings. The van der Waals surface area contributed by atoms with Crippen molar-refractivity contribution >= 4 is 34.4 Å². The monoisotopic (exact) mass is 292 g/mol. The van der Waals surface area contributed by atoms with Crippen LogP contribution in [0, 0.1) is 0 Å². The van der Waals surface area contributed by atoms with Gasteiger partial charge in [0.1, 0.15) is 11.7 Å². The number of methoxy groups -OCH3 is 1. The van der Waals surface area contributed by atoms with Gasteiger partial charge in [-0.05, 0) is 19.1 Å². The molecule has 1 unspecified atom stereocenters. The molecular weight excluding hydrogens is 280 g/mol. The first kappa shape index (κ1) is 14.3. The number of rotatable bonds is 3. The fourth-order valence-electron chi connectivity index (χ4n) is 1.76. The summed E-state index contributed by atoms with van der Waals surface area (Å²) in [5.74, 6) is -0.999. The van der Waals surface area contributed by atoms with Crippen molar-refractivity contribution < 1.29 is 14.3 Å². The van der Waals surface area contributed by atoms with Crippen LogP contribution in [0.5, 0.6) is 0 Å². The maximum atomic E-state index is 12.0. The second-order valence-corrected chi connectivity index (χ2v) is 4.63. The van der Waals surface area contributed by atoms with Crippen LogP contribution in [0.15, 0.2) is 30.3 Å². The van der Waals surface area contributed by atoms with Crippen molar-refractivity contribution in [1.29, 1.82) is 0 Å². The van der Waals surface area contributed by atoms with Crippen LogP contribution in [0.2, 0.25) is 5.02 Å². The van der Waals surface area contributed by atoms with Crippen molar-refractivity contribution in [2.75, 3.05) is 7.11 Å². The highest BCUT2D eigenvalue weighted by molar-refractivity contribution is 6.35. The van der Waals surface area contributed by atoms with Crippen LogP contribution in [0.1, 0.15) is 17.4 Å². The van der Waals surface area contributed by atoms with Gasteiger partial charge in [-0.15, -0.1) is 0 Å². The number of fused-ring (bicyclic) bond motifs is 1.